The zero-order valence-corrected chi connectivity index (χ0v) is 12.4. The summed E-state index contributed by atoms with van der Waals surface area (Å²) in [7, 11) is 0. The molecule has 0 unspecified atom stereocenters. The summed E-state index contributed by atoms with van der Waals surface area (Å²) in [5, 5.41) is 0.655. The van der Waals surface area contributed by atoms with E-state index in [-0.39, 0.29) is 0 Å². The fraction of sp³-hybridized carbons (Fsp3) is 0.462. The van der Waals surface area contributed by atoms with Crippen molar-refractivity contribution in [1.82, 2.24) is 4.90 Å². The summed E-state index contributed by atoms with van der Waals surface area (Å²) in [6.07, 6.45) is -3.96. The van der Waals surface area contributed by atoms with Gasteiger partial charge < -0.3 is 4.90 Å². The number of hydrogen-bond acceptors (Lipinski definition) is 1. The maximum absolute atomic E-state index is 13.6. The molecule has 0 aliphatic heterocycles. The van der Waals surface area contributed by atoms with Crippen LogP contribution in [0.25, 0.3) is 0 Å². The minimum Gasteiger partial charge on any atom is -0.339 e. The van der Waals surface area contributed by atoms with Gasteiger partial charge in [0.25, 0.3) is 5.91 Å². The smallest absolute Gasteiger partial charge is 0.339 e. The molecule has 1 aromatic carbocycles. The maximum atomic E-state index is 13.6. The van der Waals surface area contributed by atoms with Crippen molar-refractivity contribution in [1.29, 1.82) is 0 Å². The number of alkyl halides is 4. The zero-order chi connectivity index (χ0) is 15.3. The lowest BCUT2D eigenvalue weighted by atomic mass is 10.1. The normalized spacial score (nSPS) is 11.5. The highest BCUT2D eigenvalue weighted by atomic mass is 79.9. The van der Waals surface area contributed by atoms with E-state index in [1.54, 1.807) is 6.92 Å². The topological polar surface area (TPSA) is 20.3 Å². The Kier molecular flexibility index (Phi) is 5.98. The molecule has 7 heteroatoms. The van der Waals surface area contributed by atoms with E-state index in [2.05, 4.69) is 15.9 Å². The predicted octanol–water partition coefficient (Wildman–Crippen LogP) is 4.09. The van der Waals surface area contributed by atoms with Gasteiger partial charge in [0.05, 0.1) is 11.1 Å². The summed E-state index contributed by atoms with van der Waals surface area (Å²) in [5.41, 5.74) is -1.57. The quantitative estimate of drug-likeness (QED) is 0.575. The summed E-state index contributed by atoms with van der Waals surface area (Å²) < 4.78 is 51.4. The van der Waals surface area contributed by atoms with E-state index in [9.17, 15) is 22.4 Å². The third-order valence-corrected chi connectivity index (χ3v) is 3.32. The monoisotopic (exact) mass is 355 g/mol. The largest absolute Gasteiger partial charge is 0.416 e. The summed E-state index contributed by atoms with van der Waals surface area (Å²) in [4.78, 5) is 13.4. The Bertz CT molecular complexity index is 476. The van der Waals surface area contributed by atoms with Crippen LogP contribution in [-0.2, 0) is 6.18 Å². The van der Waals surface area contributed by atoms with Crippen LogP contribution in [0.3, 0.4) is 0 Å². The van der Waals surface area contributed by atoms with Crippen molar-refractivity contribution in [2.24, 2.45) is 0 Å². The van der Waals surface area contributed by atoms with Crippen molar-refractivity contribution >= 4 is 21.8 Å². The van der Waals surface area contributed by atoms with E-state index in [1.807, 2.05) is 0 Å². The molecule has 1 rings (SSSR count). The second kappa shape index (κ2) is 7.06. The minimum absolute atomic E-state index is 0.307. The van der Waals surface area contributed by atoms with E-state index in [0.717, 1.165) is 0 Å². The zero-order valence-electron chi connectivity index (χ0n) is 10.8. The van der Waals surface area contributed by atoms with Gasteiger partial charge in [0.2, 0.25) is 0 Å². The summed E-state index contributed by atoms with van der Waals surface area (Å²) >= 11 is 3.20. The van der Waals surface area contributed by atoms with Crippen molar-refractivity contribution in [3.05, 3.63) is 35.1 Å². The molecular weight excluding hydrogens is 342 g/mol. The molecule has 112 valence electrons. The van der Waals surface area contributed by atoms with Crippen molar-refractivity contribution in [3.8, 4) is 0 Å². The minimum atomic E-state index is -4.60. The van der Waals surface area contributed by atoms with Crippen LogP contribution < -0.4 is 0 Å². The Morgan fingerprint density at radius 2 is 2.00 bits per heavy atom. The molecule has 0 spiro atoms. The van der Waals surface area contributed by atoms with Crippen LogP contribution in [-0.4, -0.2) is 29.2 Å². The molecule has 0 saturated carbocycles. The van der Waals surface area contributed by atoms with Gasteiger partial charge in [-0.1, -0.05) is 15.9 Å². The van der Waals surface area contributed by atoms with Gasteiger partial charge in [-0.3, -0.25) is 4.79 Å². The number of nitrogens with zero attached hydrogens (tertiary/aromatic N) is 1. The first-order valence-corrected chi connectivity index (χ1v) is 7.15. The highest BCUT2D eigenvalue weighted by molar-refractivity contribution is 9.09. The van der Waals surface area contributed by atoms with Crippen molar-refractivity contribution < 1.29 is 22.4 Å². The number of carbonyl (C=O) groups excluding carboxylic acids is 1. The average Bonchev–Trinajstić information content (AvgIpc) is 2.38. The van der Waals surface area contributed by atoms with Gasteiger partial charge in [-0.25, -0.2) is 4.39 Å². The van der Waals surface area contributed by atoms with E-state index in [1.165, 1.54) is 4.90 Å². The van der Waals surface area contributed by atoms with Crippen molar-refractivity contribution in [2.45, 2.75) is 19.5 Å². The van der Waals surface area contributed by atoms with Gasteiger partial charge in [-0.05, 0) is 31.5 Å². The number of rotatable bonds is 5. The molecule has 0 aliphatic rings. The molecule has 0 bridgehead atoms. The Morgan fingerprint density at radius 3 is 2.50 bits per heavy atom. The van der Waals surface area contributed by atoms with Gasteiger partial charge in [-0.15, -0.1) is 0 Å². The van der Waals surface area contributed by atoms with Crippen LogP contribution in [0.1, 0.15) is 29.3 Å². The molecule has 20 heavy (non-hydrogen) atoms. The first-order valence-electron chi connectivity index (χ1n) is 6.03. The van der Waals surface area contributed by atoms with E-state index in [0.29, 0.717) is 43.0 Å². The van der Waals surface area contributed by atoms with Crippen LogP contribution in [0.5, 0.6) is 0 Å². The third kappa shape index (κ3) is 4.19. The Balaban J connectivity index is 3.07. The van der Waals surface area contributed by atoms with Crippen LogP contribution in [0.15, 0.2) is 18.2 Å². The molecule has 0 saturated heterocycles. The standard InChI is InChI=1S/C13H14BrF4NO/c1-2-19(7-3-6-14)12(20)10-8-9(13(16,17)18)4-5-11(10)15/h4-5,8H,2-3,6-7H2,1H3. The van der Waals surface area contributed by atoms with E-state index < -0.39 is 29.0 Å². The second-order valence-corrected chi connectivity index (χ2v) is 4.91. The fourth-order valence-corrected chi connectivity index (χ4v) is 1.94. The third-order valence-electron chi connectivity index (χ3n) is 2.75. The Morgan fingerprint density at radius 1 is 1.35 bits per heavy atom. The molecule has 1 aromatic rings. The number of carbonyl (C=O) groups is 1. The van der Waals surface area contributed by atoms with Crippen LogP contribution >= 0.6 is 15.9 Å². The second-order valence-electron chi connectivity index (χ2n) is 4.12. The van der Waals surface area contributed by atoms with E-state index in [4.69, 9.17) is 0 Å². The molecule has 0 heterocycles. The van der Waals surface area contributed by atoms with Crippen LogP contribution in [0.2, 0.25) is 0 Å². The highest BCUT2D eigenvalue weighted by Crippen LogP contribution is 2.30. The number of amides is 1. The van der Waals surface area contributed by atoms with Crippen LogP contribution in [0, 0.1) is 5.82 Å². The average molecular weight is 356 g/mol. The van der Waals surface area contributed by atoms with Crippen molar-refractivity contribution in [2.75, 3.05) is 18.4 Å². The molecular formula is C13H14BrF4NO. The fourth-order valence-electron chi connectivity index (χ4n) is 1.69. The SMILES string of the molecule is CCN(CCCBr)C(=O)c1cc(C(F)(F)F)ccc1F. The molecule has 0 N–H and O–H groups in total. The molecule has 0 radical (unpaired) electrons. The van der Waals surface area contributed by atoms with Gasteiger partial charge >= 0.3 is 6.18 Å². The molecule has 0 aromatic heterocycles. The maximum Gasteiger partial charge on any atom is 0.416 e. The lowest BCUT2D eigenvalue weighted by Gasteiger charge is -2.21. The lowest BCUT2D eigenvalue weighted by molar-refractivity contribution is -0.137. The highest BCUT2D eigenvalue weighted by Gasteiger charge is 2.32. The molecule has 0 fully saturated rings. The van der Waals surface area contributed by atoms with E-state index >= 15 is 0 Å². The summed E-state index contributed by atoms with van der Waals surface area (Å²) in [5.74, 6) is -1.67. The summed E-state index contributed by atoms with van der Waals surface area (Å²) in [6, 6.07) is 1.86. The first-order chi connectivity index (χ1) is 9.31. The van der Waals surface area contributed by atoms with Gasteiger partial charge in [-0.2, -0.15) is 13.2 Å². The molecule has 0 aliphatic carbocycles. The number of benzene rings is 1. The van der Waals surface area contributed by atoms with Gasteiger partial charge in [0.1, 0.15) is 5.82 Å². The number of halogens is 5. The molecule has 2 nitrogen and oxygen atoms in total. The number of hydrogen-bond donors (Lipinski definition) is 0. The molecule has 1 amide bonds. The van der Waals surface area contributed by atoms with Crippen molar-refractivity contribution in [3.63, 3.8) is 0 Å². The molecule has 0 atom stereocenters. The van der Waals surface area contributed by atoms with Gasteiger partial charge in [0.15, 0.2) is 0 Å². The summed E-state index contributed by atoms with van der Waals surface area (Å²) in [6.45, 7) is 2.36. The Hall–Kier alpha value is -1.11. The van der Waals surface area contributed by atoms with Crippen LogP contribution in [0.4, 0.5) is 17.6 Å². The Labute approximate surface area is 122 Å². The lowest BCUT2D eigenvalue weighted by Crippen LogP contribution is -2.32. The van der Waals surface area contributed by atoms with Gasteiger partial charge in [0, 0.05) is 18.4 Å². The predicted molar refractivity (Wildman–Crippen MR) is 71.4 cm³/mol. The first kappa shape index (κ1) is 16.9.